The summed E-state index contributed by atoms with van der Waals surface area (Å²) in [5.74, 6) is 0. The molecule has 0 radical (unpaired) electrons. The number of alkyl halides is 6. The lowest BCUT2D eigenvalue weighted by molar-refractivity contribution is -0.142. The van der Waals surface area contributed by atoms with Gasteiger partial charge in [-0.05, 0) is 134 Å². The number of para-hydroxylation sites is 2. The molecular formula is C61H41F6N3. The van der Waals surface area contributed by atoms with Gasteiger partial charge in [0.05, 0.1) is 56.2 Å². The van der Waals surface area contributed by atoms with Crippen molar-refractivity contribution in [2.75, 3.05) is 0 Å². The highest BCUT2D eigenvalue weighted by molar-refractivity contribution is 6.13. The number of nitrogens with zero attached hydrogens (tertiary/aromatic N) is 3. The molecule has 0 saturated carbocycles. The van der Waals surface area contributed by atoms with Gasteiger partial charge >= 0.3 is 12.4 Å². The summed E-state index contributed by atoms with van der Waals surface area (Å²) in [6.45, 7) is 8.26. The van der Waals surface area contributed by atoms with Crippen LogP contribution in [0.15, 0.2) is 176 Å². The number of aryl methyl sites for hydroxylation is 4. The Morgan fingerprint density at radius 3 is 1.37 bits per heavy atom. The molecule has 0 aliphatic rings. The van der Waals surface area contributed by atoms with Crippen LogP contribution in [0.25, 0.3) is 99.5 Å². The zero-order valence-corrected chi connectivity index (χ0v) is 38.4. The minimum Gasteiger partial charge on any atom is -0.309 e. The predicted molar refractivity (Wildman–Crippen MR) is 271 cm³/mol. The molecule has 0 N–H and O–H groups in total. The van der Waals surface area contributed by atoms with Gasteiger partial charge in [0.25, 0.3) is 0 Å². The third-order valence-electron chi connectivity index (χ3n) is 13.3. The highest BCUT2D eigenvalue weighted by Gasteiger charge is 2.38. The number of aromatic nitrogens is 2. The van der Waals surface area contributed by atoms with E-state index in [1.165, 1.54) is 6.07 Å². The molecule has 0 bridgehead atoms. The SMILES string of the molecule is Cc1cc(C)cc(-c2ccc3c(c2)c2ccccc2n3-c2ccc(C#N)cc2-c2ccc(-c3ccc(C(F)(F)F)cc3C(F)(F)F)cc2-n2c3ccccc3c3cc(-c4cc(C)cc(C)c4)ccc32)c1. The fraction of sp³-hybridized carbons (Fsp3) is 0.0984. The Morgan fingerprint density at radius 2 is 0.857 bits per heavy atom. The van der Waals surface area contributed by atoms with Crippen molar-refractivity contribution in [3.05, 3.63) is 215 Å². The van der Waals surface area contributed by atoms with Crippen LogP contribution in [0, 0.1) is 39.0 Å². The van der Waals surface area contributed by atoms with Gasteiger partial charge in [-0.1, -0.05) is 125 Å². The molecule has 9 aromatic carbocycles. The number of nitriles is 1. The molecule has 0 amide bonds. The lowest BCUT2D eigenvalue weighted by atomic mass is 9.92. The Bertz CT molecular complexity index is 3950. The molecule has 11 rings (SSSR count). The van der Waals surface area contributed by atoms with Crippen LogP contribution >= 0.6 is 0 Å². The predicted octanol–water partition coefficient (Wildman–Crippen LogP) is 17.7. The quantitative estimate of drug-likeness (QED) is 0.153. The van der Waals surface area contributed by atoms with E-state index in [0.717, 1.165) is 94.2 Å². The Balaban J connectivity index is 1.22. The zero-order chi connectivity index (χ0) is 48.8. The third kappa shape index (κ3) is 7.57. The van der Waals surface area contributed by atoms with Crippen molar-refractivity contribution in [1.29, 1.82) is 5.26 Å². The van der Waals surface area contributed by atoms with Crippen molar-refractivity contribution in [2.24, 2.45) is 0 Å². The van der Waals surface area contributed by atoms with E-state index >= 15 is 0 Å². The molecule has 0 aliphatic heterocycles. The molecule has 0 atom stereocenters. The third-order valence-corrected chi connectivity index (χ3v) is 13.3. The van der Waals surface area contributed by atoms with E-state index in [9.17, 15) is 31.6 Å². The Labute approximate surface area is 399 Å². The smallest absolute Gasteiger partial charge is 0.309 e. The first kappa shape index (κ1) is 44.2. The minimum absolute atomic E-state index is 0.0614. The van der Waals surface area contributed by atoms with Crippen molar-refractivity contribution in [3.63, 3.8) is 0 Å². The van der Waals surface area contributed by atoms with E-state index in [-0.39, 0.29) is 11.6 Å². The highest BCUT2D eigenvalue weighted by Crippen LogP contribution is 2.46. The summed E-state index contributed by atoms with van der Waals surface area (Å²) in [5, 5.41) is 14.3. The maximum absolute atomic E-state index is 15.0. The Morgan fingerprint density at radius 1 is 0.371 bits per heavy atom. The summed E-state index contributed by atoms with van der Waals surface area (Å²) >= 11 is 0. The first-order chi connectivity index (χ1) is 33.5. The van der Waals surface area contributed by atoms with Crippen LogP contribution in [-0.4, -0.2) is 9.13 Å². The van der Waals surface area contributed by atoms with Gasteiger partial charge in [0, 0.05) is 32.7 Å². The van der Waals surface area contributed by atoms with Crippen LogP contribution in [0.5, 0.6) is 0 Å². The summed E-state index contributed by atoms with van der Waals surface area (Å²) in [6.07, 6.45) is -10.1. The fourth-order valence-electron chi connectivity index (χ4n) is 10.4. The van der Waals surface area contributed by atoms with E-state index in [2.05, 4.69) is 105 Å². The van der Waals surface area contributed by atoms with E-state index < -0.39 is 29.0 Å². The summed E-state index contributed by atoms with van der Waals surface area (Å²) in [4.78, 5) is 0. The first-order valence-electron chi connectivity index (χ1n) is 22.8. The molecule has 2 heterocycles. The summed E-state index contributed by atoms with van der Waals surface area (Å²) in [6, 6.07) is 55.7. The van der Waals surface area contributed by atoms with Crippen molar-refractivity contribution >= 4 is 43.6 Å². The summed E-state index contributed by atoms with van der Waals surface area (Å²) in [7, 11) is 0. The number of halogens is 6. The van der Waals surface area contributed by atoms with Crippen LogP contribution in [-0.2, 0) is 12.4 Å². The Hall–Kier alpha value is -8.35. The molecule has 70 heavy (non-hydrogen) atoms. The van der Waals surface area contributed by atoms with Gasteiger partial charge in [-0.2, -0.15) is 31.6 Å². The lowest BCUT2D eigenvalue weighted by Crippen LogP contribution is -2.12. The molecule has 2 aromatic heterocycles. The minimum atomic E-state index is -5.12. The maximum Gasteiger partial charge on any atom is 0.417 e. The highest BCUT2D eigenvalue weighted by atomic mass is 19.4. The topological polar surface area (TPSA) is 33.6 Å². The van der Waals surface area contributed by atoms with E-state index in [1.54, 1.807) is 24.3 Å². The molecule has 0 spiro atoms. The standard InChI is InChI=1S/C61H41F6N3/c1-35-23-36(2)26-43(25-35)40-15-21-57-51(30-40)47-9-5-7-11-54(47)69(57)56-20-13-39(34-68)29-50(56)49-18-14-42(46-19-17-45(60(62,63)64)33-53(46)61(65,66)67)32-59(49)70-55-12-8-6-10-48(55)52-31-41(16-22-58(52)70)44-27-37(3)24-38(4)28-44/h5-33H,1-4H3. The van der Waals surface area contributed by atoms with Gasteiger partial charge in [-0.25, -0.2) is 0 Å². The van der Waals surface area contributed by atoms with Crippen LogP contribution < -0.4 is 0 Å². The van der Waals surface area contributed by atoms with E-state index in [1.807, 2.05) is 65.2 Å². The van der Waals surface area contributed by atoms with Crippen molar-refractivity contribution in [2.45, 2.75) is 40.0 Å². The van der Waals surface area contributed by atoms with Crippen molar-refractivity contribution < 1.29 is 26.3 Å². The first-order valence-corrected chi connectivity index (χ1v) is 22.8. The van der Waals surface area contributed by atoms with Crippen molar-refractivity contribution in [1.82, 2.24) is 9.13 Å². The van der Waals surface area contributed by atoms with Gasteiger partial charge in [0.2, 0.25) is 0 Å². The molecule has 0 saturated heterocycles. The van der Waals surface area contributed by atoms with E-state index in [4.69, 9.17) is 0 Å². The van der Waals surface area contributed by atoms with Gasteiger partial charge < -0.3 is 9.13 Å². The average molecular weight is 930 g/mol. The molecule has 342 valence electrons. The Kier molecular flexibility index (Phi) is 10.4. The van der Waals surface area contributed by atoms with Crippen LogP contribution in [0.2, 0.25) is 0 Å². The van der Waals surface area contributed by atoms with Gasteiger partial charge in [-0.15, -0.1) is 0 Å². The number of benzene rings is 9. The molecule has 9 heteroatoms. The van der Waals surface area contributed by atoms with Crippen LogP contribution in [0.3, 0.4) is 0 Å². The number of rotatable bonds is 6. The molecule has 11 aromatic rings. The van der Waals surface area contributed by atoms with Crippen molar-refractivity contribution in [3.8, 4) is 62.0 Å². The molecule has 3 nitrogen and oxygen atoms in total. The molecule has 0 aliphatic carbocycles. The number of hydrogen-bond acceptors (Lipinski definition) is 1. The monoisotopic (exact) mass is 929 g/mol. The van der Waals surface area contributed by atoms with Crippen LogP contribution in [0.4, 0.5) is 26.3 Å². The van der Waals surface area contributed by atoms with Gasteiger partial charge in [0.15, 0.2) is 0 Å². The largest absolute Gasteiger partial charge is 0.417 e. The lowest BCUT2D eigenvalue weighted by Gasteiger charge is -2.21. The molecule has 0 unspecified atom stereocenters. The fourth-order valence-corrected chi connectivity index (χ4v) is 10.4. The summed E-state index contributed by atoms with van der Waals surface area (Å²) < 4.78 is 91.0. The zero-order valence-electron chi connectivity index (χ0n) is 38.4. The molecular weight excluding hydrogens is 889 g/mol. The maximum atomic E-state index is 15.0. The second-order valence-electron chi connectivity index (χ2n) is 18.3. The summed E-state index contributed by atoms with van der Waals surface area (Å²) in [5.41, 5.74) is 11.6. The van der Waals surface area contributed by atoms with Gasteiger partial charge in [0.1, 0.15) is 0 Å². The normalized spacial score (nSPS) is 12.1. The average Bonchev–Trinajstić information content (AvgIpc) is 3.84. The second kappa shape index (κ2) is 16.4. The van der Waals surface area contributed by atoms with Gasteiger partial charge in [-0.3, -0.25) is 0 Å². The number of hydrogen-bond donors (Lipinski definition) is 0. The second-order valence-corrected chi connectivity index (χ2v) is 18.3. The van der Waals surface area contributed by atoms with E-state index in [0.29, 0.717) is 34.1 Å². The number of fused-ring (bicyclic) bond motifs is 6. The molecule has 0 fully saturated rings. The van der Waals surface area contributed by atoms with Crippen LogP contribution in [0.1, 0.15) is 38.9 Å².